The third-order valence-electron chi connectivity index (χ3n) is 4.39. The molecule has 0 aliphatic carbocycles. The number of sulfonamides is 1. The molecular formula is C21H28N2O4S. The van der Waals surface area contributed by atoms with Crippen LogP contribution in [0.1, 0.15) is 22.3 Å². The first kappa shape index (κ1) is 21.8. The zero-order valence-electron chi connectivity index (χ0n) is 17.1. The highest BCUT2D eigenvalue weighted by Gasteiger charge is 2.23. The molecular weight excluding hydrogens is 376 g/mol. The van der Waals surface area contributed by atoms with E-state index in [9.17, 15) is 13.2 Å². The van der Waals surface area contributed by atoms with Gasteiger partial charge in [0.05, 0.1) is 18.5 Å². The Kier molecular flexibility index (Phi) is 7.07. The van der Waals surface area contributed by atoms with E-state index in [2.05, 4.69) is 5.32 Å². The average molecular weight is 405 g/mol. The maximum Gasteiger partial charge on any atom is 0.240 e. The van der Waals surface area contributed by atoms with Crippen molar-refractivity contribution in [3.05, 3.63) is 58.7 Å². The summed E-state index contributed by atoms with van der Waals surface area (Å²) in [5.74, 6) is 0.394. The van der Waals surface area contributed by atoms with Crippen LogP contribution in [0, 0.1) is 27.7 Å². The number of hydrogen-bond acceptors (Lipinski definition) is 4. The average Bonchev–Trinajstić information content (AvgIpc) is 2.58. The van der Waals surface area contributed by atoms with Gasteiger partial charge in [-0.1, -0.05) is 35.9 Å². The highest BCUT2D eigenvalue weighted by molar-refractivity contribution is 7.92. The van der Waals surface area contributed by atoms with Gasteiger partial charge in [-0.2, -0.15) is 0 Å². The van der Waals surface area contributed by atoms with E-state index in [4.69, 9.17) is 4.74 Å². The van der Waals surface area contributed by atoms with E-state index in [1.807, 2.05) is 64.1 Å². The fourth-order valence-corrected chi connectivity index (χ4v) is 4.03. The topological polar surface area (TPSA) is 75.7 Å². The van der Waals surface area contributed by atoms with Crippen molar-refractivity contribution < 1.29 is 17.9 Å². The second-order valence-corrected chi connectivity index (χ2v) is 8.88. The Morgan fingerprint density at radius 3 is 2.25 bits per heavy atom. The number of amides is 1. The molecule has 2 aromatic carbocycles. The predicted molar refractivity (Wildman–Crippen MR) is 113 cm³/mol. The van der Waals surface area contributed by atoms with Gasteiger partial charge in [-0.3, -0.25) is 9.10 Å². The van der Waals surface area contributed by atoms with Crippen LogP contribution in [0.3, 0.4) is 0 Å². The van der Waals surface area contributed by atoms with E-state index in [1.54, 1.807) is 0 Å². The second-order valence-electron chi connectivity index (χ2n) is 6.98. The zero-order chi connectivity index (χ0) is 20.9. The third kappa shape index (κ3) is 5.73. The molecule has 7 heteroatoms. The van der Waals surface area contributed by atoms with Crippen LogP contribution in [0.5, 0.6) is 5.75 Å². The third-order valence-corrected chi connectivity index (χ3v) is 5.50. The Balaban J connectivity index is 1.97. The van der Waals surface area contributed by atoms with Gasteiger partial charge in [0, 0.05) is 0 Å². The lowest BCUT2D eigenvalue weighted by Crippen LogP contribution is -2.42. The van der Waals surface area contributed by atoms with Gasteiger partial charge in [0.1, 0.15) is 18.9 Å². The van der Waals surface area contributed by atoms with Gasteiger partial charge < -0.3 is 10.1 Å². The van der Waals surface area contributed by atoms with Crippen molar-refractivity contribution in [1.82, 2.24) is 5.32 Å². The molecule has 0 spiro atoms. The molecule has 2 aromatic rings. The lowest BCUT2D eigenvalue weighted by molar-refractivity contribution is -0.119. The Morgan fingerprint density at radius 1 is 1.04 bits per heavy atom. The highest BCUT2D eigenvalue weighted by Crippen LogP contribution is 2.26. The van der Waals surface area contributed by atoms with Crippen molar-refractivity contribution in [2.45, 2.75) is 27.7 Å². The summed E-state index contributed by atoms with van der Waals surface area (Å²) in [7, 11) is -3.60. The van der Waals surface area contributed by atoms with E-state index in [0.29, 0.717) is 12.3 Å². The number of anilines is 1. The first-order valence-corrected chi connectivity index (χ1v) is 10.9. The number of para-hydroxylation sites is 1. The number of ether oxygens (including phenoxy) is 1. The SMILES string of the molecule is Cc1ccc(OCCNC(=O)CN(c2c(C)cccc2C)S(C)(=O)=O)c(C)c1. The molecule has 6 nitrogen and oxygen atoms in total. The smallest absolute Gasteiger partial charge is 0.240 e. The van der Waals surface area contributed by atoms with Gasteiger partial charge in [-0.05, 0) is 50.5 Å². The monoisotopic (exact) mass is 404 g/mol. The van der Waals surface area contributed by atoms with E-state index < -0.39 is 10.0 Å². The molecule has 1 N–H and O–H groups in total. The van der Waals surface area contributed by atoms with Gasteiger partial charge in [0.2, 0.25) is 15.9 Å². The number of aryl methyl sites for hydroxylation is 4. The Morgan fingerprint density at radius 2 is 1.68 bits per heavy atom. The molecule has 0 saturated heterocycles. The fourth-order valence-electron chi connectivity index (χ4n) is 3.06. The second kappa shape index (κ2) is 9.10. The van der Waals surface area contributed by atoms with Gasteiger partial charge >= 0.3 is 0 Å². The fraction of sp³-hybridized carbons (Fsp3) is 0.381. The normalized spacial score (nSPS) is 11.2. The molecule has 0 atom stereocenters. The Hall–Kier alpha value is -2.54. The minimum absolute atomic E-state index is 0.270. The van der Waals surface area contributed by atoms with Gasteiger partial charge in [-0.25, -0.2) is 8.42 Å². The number of carbonyl (C=O) groups is 1. The zero-order valence-corrected chi connectivity index (χ0v) is 17.9. The Labute approximate surface area is 167 Å². The summed E-state index contributed by atoms with van der Waals surface area (Å²) in [5.41, 5.74) is 4.34. The first-order valence-electron chi connectivity index (χ1n) is 9.10. The molecule has 0 radical (unpaired) electrons. The summed E-state index contributed by atoms with van der Waals surface area (Å²) in [6, 6.07) is 11.4. The first-order chi connectivity index (χ1) is 13.1. The highest BCUT2D eigenvalue weighted by atomic mass is 32.2. The number of benzene rings is 2. The lowest BCUT2D eigenvalue weighted by atomic mass is 10.1. The largest absolute Gasteiger partial charge is 0.491 e. The minimum Gasteiger partial charge on any atom is -0.491 e. The molecule has 0 bridgehead atoms. The Bertz CT molecular complexity index is 935. The van der Waals surface area contributed by atoms with Crippen LogP contribution in [0.4, 0.5) is 5.69 Å². The molecule has 0 aromatic heterocycles. The van der Waals surface area contributed by atoms with Crippen LogP contribution in [-0.2, 0) is 14.8 Å². The van der Waals surface area contributed by atoms with Crippen LogP contribution < -0.4 is 14.4 Å². The van der Waals surface area contributed by atoms with E-state index in [0.717, 1.165) is 38.6 Å². The predicted octanol–water partition coefficient (Wildman–Crippen LogP) is 2.88. The molecule has 0 aliphatic rings. The van der Waals surface area contributed by atoms with Gasteiger partial charge in [-0.15, -0.1) is 0 Å². The van der Waals surface area contributed by atoms with Crippen molar-refractivity contribution in [3.8, 4) is 5.75 Å². The maximum atomic E-state index is 12.3. The molecule has 0 heterocycles. The van der Waals surface area contributed by atoms with Crippen molar-refractivity contribution in [1.29, 1.82) is 0 Å². The van der Waals surface area contributed by atoms with E-state index >= 15 is 0 Å². The van der Waals surface area contributed by atoms with Crippen LogP contribution in [0.2, 0.25) is 0 Å². The number of nitrogens with zero attached hydrogens (tertiary/aromatic N) is 1. The van der Waals surface area contributed by atoms with Crippen molar-refractivity contribution in [3.63, 3.8) is 0 Å². The summed E-state index contributed by atoms with van der Waals surface area (Å²) in [6.45, 7) is 7.96. The van der Waals surface area contributed by atoms with Crippen LogP contribution in [0.15, 0.2) is 36.4 Å². The van der Waals surface area contributed by atoms with Gasteiger partial charge in [0.15, 0.2) is 0 Å². The number of hydrogen-bond donors (Lipinski definition) is 1. The van der Waals surface area contributed by atoms with Crippen molar-refractivity contribution in [2.24, 2.45) is 0 Å². The molecule has 1 amide bonds. The molecule has 0 unspecified atom stereocenters. The van der Waals surface area contributed by atoms with Crippen LogP contribution in [-0.4, -0.2) is 40.3 Å². The number of nitrogens with one attached hydrogen (secondary N) is 1. The maximum absolute atomic E-state index is 12.3. The summed E-state index contributed by atoms with van der Waals surface area (Å²) in [6.07, 6.45) is 1.11. The molecule has 0 fully saturated rings. The molecule has 0 aliphatic heterocycles. The summed E-state index contributed by atoms with van der Waals surface area (Å²) < 4.78 is 31.4. The molecule has 28 heavy (non-hydrogen) atoms. The van der Waals surface area contributed by atoms with Crippen LogP contribution in [0.25, 0.3) is 0 Å². The summed E-state index contributed by atoms with van der Waals surface area (Å²) in [4.78, 5) is 12.3. The van der Waals surface area contributed by atoms with Crippen molar-refractivity contribution >= 4 is 21.6 Å². The summed E-state index contributed by atoms with van der Waals surface area (Å²) in [5, 5.41) is 2.72. The van der Waals surface area contributed by atoms with E-state index in [-0.39, 0.29) is 19.0 Å². The minimum atomic E-state index is -3.60. The summed E-state index contributed by atoms with van der Waals surface area (Å²) >= 11 is 0. The molecule has 2 rings (SSSR count). The van der Waals surface area contributed by atoms with Crippen molar-refractivity contribution in [2.75, 3.05) is 30.3 Å². The van der Waals surface area contributed by atoms with Crippen LogP contribution >= 0.6 is 0 Å². The number of carbonyl (C=O) groups excluding carboxylic acids is 1. The van der Waals surface area contributed by atoms with E-state index in [1.165, 1.54) is 0 Å². The molecule has 0 saturated carbocycles. The molecule has 152 valence electrons. The number of rotatable bonds is 8. The standard InChI is InChI=1S/C21H28N2O4S/c1-15-9-10-19(18(4)13-15)27-12-11-22-20(24)14-23(28(5,25)26)21-16(2)7-6-8-17(21)3/h6-10,13H,11-12,14H2,1-5H3,(H,22,24). The lowest BCUT2D eigenvalue weighted by Gasteiger charge is -2.25. The quantitative estimate of drug-likeness (QED) is 0.687. The van der Waals surface area contributed by atoms with Gasteiger partial charge in [0.25, 0.3) is 0 Å².